The molecule has 0 saturated heterocycles. The Labute approximate surface area is 194 Å². The number of fused-ring (bicyclic) bond motifs is 1. The fourth-order valence-corrected chi connectivity index (χ4v) is 3.30. The normalized spacial score (nSPS) is 13.5. The number of carbonyl (C=O) groups excluding carboxylic acids is 4. The molecule has 4 amide bonds. The van der Waals surface area contributed by atoms with Crippen molar-refractivity contribution < 1.29 is 29.1 Å². The van der Waals surface area contributed by atoms with E-state index in [1.54, 1.807) is 6.20 Å². The van der Waals surface area contributed by atoms with Crippen LogP contribution >= 0.6 is 12.6 Å². The quantitative estimate of drug-likeness (QED) is 0.161. The minimum absolute atomic E-state index is 0.0200. The monoisotopic (exact) mass is 478 g/mol. The first-order valence-electron chi connectivity index (χ1n) is 9.92. The van der Waals surface area contributed by atoms with Crippen molar-refractivity contribution in [1.29, 1.82) is 0 Å². The fourth-order valence-electron chi connectivity index (χ4n) is 3.04. The maximum absolute atomic E-state index is 12.6. The highest BCUT2D eigenvalue weighted by Crippen LogP contribution is 2.19. The predicted molar refractivity (Wildman–Crippen MR) is 122 cm³/mol. The van der Waals surface area contributed by atoms with E-state index in [9.17, 15) is 29.1 Å². The molecule has 9 N–H and O–H groups in total. The highest BCUT2D eigenvalue weighted by atomic mass is 32.1. The second-order valence-electron chi connectivity index (χ2n) is 7.26. The molecule has 3 unspecified atom stereocenters. The molecule has 3 atom stereocenters. The van der Waals surface area contributed by atoms with E-state index >= 15 is 0 Å². The standard InChI is InChI=1S/C20H26N6O6S/c21-12(6-16(22)27)18(29)24-8-17(28)25-15(9-33)19(30)26-14(20(31)32)5-10-7-23-13-4-2-1-3-11(10)13/h1-4,7,12,14-15,23,33H,5-6,8-9,21H2,(H2,22,27)(H,24,29)(H,25,28)(H,26,30)(H,31,32). The number of primary amides is 1. The van der Waals surface area contributed by atoms with Crippen LogP contribution in [0.1, 0.15) is 12.0 Å². The number of amides is 4. The highest BCUT2D eigenvalue weighted by Gasteiger charge is 2.27. The molecule has 0 aliphatic rings. The summed E-state index contributed by atoms with van der Waals surface area (Å²) in [7, 11) is 0. The molecule has 0 saturated carbocycles. The number of rotatable bonds is 12. The molecule has 0 aliphatic carbocycles. The molecule has 0 radical (unpaired) electrons. The second kappa shape index (κ2) is 11.9. The summed E-state index contributed by atoms with van der Waals surface area (Å²) in [5.41, 5.74) is 12.0. The van der Waals surface area contributed by atoms with Crippen molar-refractivity contribution >= 4 is 53.1 Å². The summed E-state index contributed by atoms with van der Waals surface area (Å²) in [5.74, 6) is -4.37. The molecule has 1 aromatic carbocycles. The van der Waals surface area contributed by atoms with Crippen LogP contribution in [0.25, 0.3) is 10.9 Å². The van der Waals surface area contributed by atoms with Crippen LogP contribution in [-0.4, -0.2) is 70.1 Å². The minimum Gasteiger partial charge on any atom is -0.480 e. The van der Waals surface area contributed by atoms with Crippen molar-refractivity contribution in [1.82, 2.24) is 20.9 Å². The van der Waals surface area contributed by atoms with Gasteiger partial charge in [0.2, 0.25) is 23.6 Å². The van der Waals surface area contributed by atoms with Gasteiger partial charge in [-0.05, 0) is 11.6 Å². The number of carboxylic acids is 1. The van der Waals surface area contributed by atoms with Gasteiger partial charge in [-0.3, -0.25) is 19.2 Å². The second-order valence-corrected chi connectivity index (χ2v) is 7.63. The topological polar surface area (TPSA) is 209 Å². The number of thiol groups is 1. The van der Waals surface area contributed by atoms with Crippen LogP contribution in [0.5, 0.6) is 0 Å². The number of nitrogens with one attached hydrogen (secondary N) is 4. The van der Waals surface area contributed by atoms with Crippen molar-refractivity contribution in [3.05, 3.63) is 36.0 Å². The van der Waals surface area contributed by atoms with E-state index in [-0.39, 0.29) is 18.6 Å². The number of aliphatic carboxylic acids is 1. The van der Waals surface area contributed by atoms with Crippen molar-refractivity contribution in [2.75, 3.05) is 12.3 Å². The molecule has 178 valence electrons. The first kappa shape index (κ1) is 25.7. The molecule has 1 heterocycles. The number of carbonyl (C=O) groups is 5. The fraction of sp³-hybridized carbons (Fsp3) is 0.350. The first-order valence-corrected chi connectivity index (χ1v) is 10.6. The van der Waals surface area contributed by atoms with Gasteiger partial charge in [0, 0.05) is 29.3 Å². The number of benzene rings is 1. The van der Waals surface area contributed by atoms with Gasteiger partial charge in [-0.15, -0.1) is 0 Å². The lowest BCUT2D eigenvalue weighted by Crippen LogP contribution is -2.55. The van der Waals surface area contributed by atoms with Gasteiger partial charge in [-0.2, -0.15) is 12.6 Å². The number of carboxylic acid groups (broad SMARTS) is 1. The molecular weight excluding hydrogens is 452 g/mol. The van der Waals surface area contributed by atoms with Crippen LogP contribution in [0.2, 0.25) is 0 Å². The Bertz CT molecular complexity index is 1040. The molecule has 1 aromatic heterocycles. The summed E-state index contributed by atoms with van der Waals surface area (Å²) < 4.78 is 0. The molecule has 33 heavy (non-hydrogen) atoms. The lowest BCUT2D eigenvalue weighted by atomic mass is 10.0. The summed E-state index contributed by atoms with van der Waals surface area (Å²) in [6.07, 6.45) is 1.31. The van der Waals surface area contributed by atoms with Crippen molar-refractivity contribution in [2.45, 2.75) is 31.0 Å². The zero-order valence-electron chi connectivity index (χ0n) is 17.5. The molecular formula is C20H26N6O6S. The van der Waals surface area contributed by atoms with Gasteiger partial charge in [0.1, 0.15) is 12.1 Å². The number of hydrogen-bond acceptors (Lipinski definition) is 7. The van der Waals surface area contributed by atoms with Gasteiger partial charge in [0.05, 0.1) is 19.0 Å². The number of H-pyrrole nitrogens is 1. The van der Waals surface area contributed by atoms with Crippen LogP contribution in [0.15, 0.2) is 30.5 Å². The smallest absolute Gasteiger partial charge is 0.326 e. The summed E-state index contributed by atoms with van der Waals surface area (Å²) in [4.78, 5) is 62.0. The number of nitrogens with two attached hydrogens (primary N) is 2. The predicted octanol–water partition coefficient (Wildman–Crippen LogP) is -1.99. The molecule has 13 heteroatoms. The Morgan fingerprint density at radius 1 is 1.06 bits per heavy atom. The van der Waals surface area contributed by atoms with Crippen molar-refractivity contribution in [3.63, 3.8) is 0 Å². The van der Waals surface area contributed by atoms with Crippen LogP contribution in [0.3, 0.4) is 0 Å². The first-order chi connectivity index (χ1) is 15.6. The van der Waals surface area contributed by atoms with Crippen LogP contribution in [0, 0.1) is 0 Å². The average molecular weight is 479 g/mol. The number of aromatic amines is 1. The number of para-hydroxylation sites is 1. The third kappa shape index (κ3) is 7.50. The molecule has 0 fully saturated rings. The highest BCUT2D eigenvalue weighted by molar-refractivity contribution is 7.80. The third-order valence-corrected chi connectivity index (χ3v) is 5.09. The minimum atomic E-state index is -1.25. The summed E-state index contributed by atoms with van der Waals surface area (Å²) in [5, 5.41) is 17.4. The Morgan fingerprint density at radius 2 is 1.76 bits per heavy atom. The zero-order valence-corrected chi connectivity index (χ0v) is 18.4. The molecule has 0 bridgehead atoms. The van der Waals surface area contributed by atoms with Crippen LogP contribution in [0.4, 0.5) is 0 Å². The molecule has 2 rings (SSSR count). The molecule has 0 spiro atoms. The third-order valence-electron chi connectivity index (χ3n) is 4.73. The Morgan fingerprint density at radius 3 is 2.39 bits per heavy atom. The van der Waals surface area contributed by atoms with Crippen LogP contribution < -0.4 is 27.4 Å². The SMILES string of the molecule is NC(=O)CC(N)C(=O)NCC(=O)NC(CS)C(=O)NC(Cc1c[nH]c2ccccc12)C(=O)O. The molecule has 12 nitrogen and oxygen atoms in total. The lowest BCUT2D eigenvalue weighted by Gasteiger charge is -2.20. The van der Waals surface area contributed by atoms with E-state index in [1.165, 1.54) is 0 Å². The molecule has 2 aromatic rings. The molecule has 0 aliphatic heterocycles. The van der Waals surface area contributed by atoms with E-state index in [0.717, 1.165) is 10.9 Å². The van der Waals surface area contributed by atoms with Gasteiger partial charge in [0.25, 0.3) is 0 Å². The van der Waals surface area contributed by atoms with Crippen molar-refractivity contribution in [2.24, 2.45) is 11.5 Å². The Hall–Kier alpha value is -3.58. The van der Waals surface area contributed by atoms with E-state index in [2.05, 4.69) is 33.6 Å². The van der Waals surface area contributed by atoms with Gasteiger partial charge in [-0.25, -0.2) is 4.79 Å². The maximum Gasteiger partial charge on any atom is 0.326 e. The van der Waals surface area contributed by atoms with E-state index in [1.807, 2.05) is 24.3 Å². The number of hydrogen-bond donors (Lipinski definition) is 8. The van der Waals surface area contributed by atoms with Gasteiger partial charge in [-0.1, -0.05) is 18.2 Å². The van der Waals surface area contributed by atoms with Gasteiger partial charge >= 0.3 is 5.97 Å². The van der Waals surface area contributed by atoms with E-state index < -0.39 is 54.3 Å². The Balaban J connectivity index is 1.94. The van der Waals surface area contributed by atoms with Crippen molar-refractivity contribution in [3.8, 4) is 0 Å². The number of aromatic nitrogens is 1. The zero-order chi connectivity index (χ0) is 24.5. The Kier molecular flexibility index (Phi) is 9.24. The largest absolute Gasteiger partial charge is 0.480 e. The summed E-state index contributed by atoms with van der Waals surface area (Å²) >= 11 is 4.03. The maximum atomic E-state index is 12.6. The summed E-state index contributed by atoms with van der Waals surface area (Å²) in [6.45, 7) is -0.513. The van der Waals surface area contributed by atoms with Crippen LogP contribution in [-0.2, 0) is 30.4 Å². The summed E-state index contributed by atoms with van der Waals surface area (Å²) in [6, 6.07) is 3.73. The van der Waals surface area contributed by atoms with E-state index in [4.69, 9.17) is 11.5 Å². The van der Waals surface area contributed by atoms with Gasteiger partial charge in [0.15, 0.2) is 0 Å². The lowest BCUT2D eigenvalue weighted by molar-refractivity contribution is -0.142. The van der Waals surface area contributed by atoms with Gasteiger partial charge < -0.3 is 37.5 Å². The van der Waals surface area contributed by atoms with E-state index in [0.29, 0.717) is 5.56 Å². The average Bonchev–Trinajstić information content (AvgIpc) is 3.17.